The Balaban J connectivity index is 2.71. The molecular formula is C13H24N4. The van der Waals surface area contributed by atoms with Crippen LogP contribution >= 0.6 is 0 Å². The van der Waals surface area contributed by atoms with Crippen molar-refractivity contribution in [2.45, 2.75) is 40.2 Å². The number of aromatic nitrogens is 2. The first-order valence-electron chi connectivity index (χ1n) is 6.50. The van der Waals surface area contributed by atoms with E-state index in [1.54, 1.807) is 0 Å². The van der Waals surface area contributed by atoms with E-state index in [-0.39, 0.29) is 0 Å². The Hall–Kier alpha value is -1.16. The highest BCUT2D eigenvalue weighted by Gasteiger charge is 2.12. The van der Waals surface area contributed by atoms with Crippen molar-refractivity contribution in [1.29, 1.82) is 0 Å². The standard InChI is InChI=1S/C13H24N4/c1-4-11(5-2)10-17(6-3)13-15-8-12(7-14)9-16-13/h8-9,11H,4-7,10,14H2,1-3H3. The predicted octanol–water partition coefficient (Wildman–Crippen LogP) is 2.20. The van der Waals surface area contributed by atoms with Gasteiger partial charge in [-0.15, -0.1) is 0 Å². The van der Waals surface area contributed by atoms with E-state index >= 15 is 0 Å². The zero-order valence-corrected chi connectivity index (χ0v) is 11.2. The Morgan fingerprint density at radius 1 is 1.18 bits per heavy atom. The van der Waals surface area contributed by atoms with E-state index in [0.29, 0.717) is 12.5 Å². The number of anilines is 1. The van der Waals surface area contributed by atoms with Crippen LogP contribution in [0.2, 0.25) is 0 Å². The molecule has 96 valence electrons. The van der Waals surface area contributed by atoms with Crippen LogP contribution in [0.4, 0.5) is 5.95 Å². The zero-order valence-electron chi connectivity index (χ0n) is 11.2. The van der Waals surface area contributed by atoms with Crippen LogP contribution in [0.3, 0.4) is 0 Å². The van der Waals surface area contributed by atoms with E-state index in [1.807, 2.05) is 12.4 Å². The molecule has 17 heavy (non-hydrogen) atoms. The van der Waals surface area contributed by atoms with Crippen molar-refractivity contribution in [3.8, 4) is 0 Å². The van der Waals surface area contributed by atoms with E-state index in [1.165, 1.54) is 12.8 Å². The van der Waals surface area contributed by atoms with Crippen LogP contribution in [-0.2, 0) is 6.54 Å². The third-order valence-corrected chi connectivity index (χ3v) is 3.23. The molecule has 4 heteroatoms. The summed E-state index contributed by atoms with van der Waals surface area (Å²) in [5, 5.41) is 0. The van der Waals surface area contributed by atoms with Crippen LogP contribution in [0.5, 0.6) is 0 Å². The van der Waals surface area contributed by atoms with Crippen LogP contribution in [0.25, 0.3) is 0 Å². The lowest BCUT2D eigenvalue weighted by atomic mass is 10.0. The molecule has 1 aromatic rings. The van der Waals surface area contributed by atoms with Gasteiger partial charge in [0.25, 0.3) is 0 Å². The molecule has 0 aliphatic rings. The molecule has 0 aliphatic carbocycles. The normalized spacial score (nSPS) is 10.9. The second-order valence-corrected chi connectivity index (χ2v) is 4.32. The summed E-state index contributed by atoms with van der Waals surface area (Å²) in [6, 6.07) is 0. The van der Waals surface area contributed by atoms with Crippen molar-refractivity contribution >= 4 is 5.95 Å². The highest BCUT2D eigenvalue weighted by Crippen LogP contribution is 2.14. The molecule has 1 rings (SSSR count). The van der Waals surface area contributed by atoms with Crippen LogP contribution in [-0.4, -0.2) is 23.1 Å². The van der Waals surface area contributed by atoms with Crippen molar-refractivity contribution in [3.63, 3.8) is 0 Å². The number of nitrogens with zero attached hydrogens (tertiary/aromatic N) is 3. The third kappa shape index (κ3) is 3.97. The van der Waals surface area contributed by atoms with Crippen LogP contribution in [0.15, 0.2) is 12.4 Å². The number of nitrogens with two attached hydrogens (primary N) is 1. The minimum Gasteiger partial charge on any atom is -0.341 e. The quantitative estimate of drug-likeness (QED) is 0.788. The highest BCUT2D eigenvalue weighted by molar-refractivity contribution is 5.29. The number of hydrogen-bond acceptors (Lipinski definition) is 4. The second-order valence-electron chi connectivity index (χ2n) is 4.32. The van der Waals surface area contributed by atoms with Crippen LogP contribution in [0.1, 0.15) is 39.2 Å². The van der Waals surface area contributed by atoms with Gasteiger partial charge in [0, 0.05) is 37.6 Å². The van der Waals surface area contributed by atoms with Crippen molar-refractivity contribution < 1.29 is 0 Å². The molecule has 2 N–H and O–H groups in total. The lowest BCUT2D eigenvalue weighted by Gasteiger charge is -2.25. The lowest BCUT2D eigenvalue weighted by Crippen LogP contribution is -2.30. The van der Waals surface area contributed by atoms with Gasteiger partial charge in [-0.1, -0.05) is 26.7 Å². The Kier molecular flexibility index (Phi) is 5.91. The fourth-order valence-electron chi connectivity index (χ4n) is 1.83. The maximum absolute atomic E-state index is 5.54. The van der Waals surface area contributed by atoms with Gasteiger partial charge in [-0.25, -0.2) is 9.97 Å². The molecule has 0 aromatic carbocycles. The Bertz CT molecular complexity index is 306. The maximum atomic E-state index is 5.54. The van der Waals surface area contributed by atoms with Gasteiger partial charge in [0.1, 0.15) is 0 Å². The molecule has 0 radical (unpaired) electrons. The second kappa shape index (κ2) is 7.22. The van der Waals surface area contributed by atoms with Crippen molar-refractivity contribution in [1.82, 2.24) is 9.97 Å². The first-order chi connectivity index (χ1) is 8.24. The van der Waals surface area contributed by atoms with Crippen molar-refractivity contribution in [3.05, 3.63) is 18.0 Å². The first kappa shape index (κ1) is 13.9. The average molecular weight is 236 g/mol. The van der Waals surface area contributed by atoms with Gasteiger partial charge in [0.15, 0.2) is 0 Å². The molecule has 0 amide bonds. The maximum Gasteiger partial charge on any atom is 0.225 e. The van der Waals surface area contributed by atoms with Gasteiger partial charge < -0.3 is 10.6 Å². The molecule has 4 nitrogen and oxygen atoms in total. The van der Waals surface area contributed by atoms with E-state index in [0.717, 1.165) is 24.6 Å². The molecule has 0 bridgehead atoms. The first-order valence-corrected chi connectivity index (χ1v) is 6.50. The molecule has 0 unspecified atom stereocenters. The smallest absolute Gasteiger partial charge is 0.225 e. The topological polar surface area (TPSA) is 55.0 Å². The van der Waals surface area contributed by atoms with Gasteiger partial charge >= 0.3 is 0 Å². The van der Waals surface area contributed by atoms with E-state index in [9.17, 15) is 0 Å². The summed E-state index contributed by atoms with van der Waals surface area (Å²) in [7, 11) is 0. The molecule has 0 saturated carbocycles. The van der Waals surface area contributed by atoms with Crippen molar-refractivity contribution in [2.75, 3.05) is 18.0 Å². The Morgan fingerprint density at radius 2 is 1.76 bits per heavy atom. The number of rotatable bonds is 7. The summed E-state index contributed by atoms with van der Waals surface area (Å²) in [5.41, 5.74) is 6.52. The summed E-state index contributed by atoms with van der Waals surface area (Å²) in [6.45, 7) is 9.09. The van der Waals surface area contributed by atoms with Gasteiger partial charge in [-0.2, -0.15) is 0 Å². The van der Waals surface area contributed by atoms with E-state index in [4.69, 9.17) is 5.73 Å². The van der Waals surface area contributed by atoms with Crippen LogP contribution in [0, 0.1) is 5.92 Å². The lowest BCUT2D eigenvalue weighted by molar-refractivity contribution is 0.482. The van der Waals surface area contributed by atoms with Gasteiger partial charge in [-0.05, 0) is 12.8 Å². The minimum atomic E-state index is 0.499. The summed E-state index contributed by atoms with van der Waals surface area (Å²) < 4.78 is 0. The number of hydrogen-bond donors (Lipinski definition) is 1. The average Bonchev–Trinajstić information content (AvgIpc) is 2.40. The third-order valence-electron chi connectivity index (χ3n) is 3.23. The molecule has 1 aromatic heterocycles. The van der Waals surface area contributed by atoms with Crippen LogP contribution < -0.4 is 10.6 Å². The van der Waals surface area contributed by atoms with E-state index in [2.05, 4.69) is 35.6 Å². The predicted molar refractivity (Wildman–Crippen MR) is 71.9 cm³/mol. The summed E-state index contributed by atoms with van der Waals surface area (Å²) in [4.78, 5) is 11.0. The minimum absolute atomic E-state index is 0.499. The van der Waals surface area contributed by atoms with Gasteiger partial charge in [-0.3, -0.25) is 0 Å². The summed E-state index contributed by atoms with van der Waals surface area (Å²) in [6.07, 6.45) is 6.04. The summed E-state index contributed by atoms with van der Waals surface area (Å²) >= 11 is 0. The summed E-state index contributed by atoms with van der Waals surface area (Å²) in [5.74, 6) is 1.53. The SMILES string of the molecule is CCC(CC)CN(CC)c1ncc(CN)cn1. The monoisotopic (exact) mass is 236 g/mol. The van der Waals surface area contributed by atoms with Gasteiger partial charge in [0.2, 0.25) is 5.95 Å². The zero-order chi connectivity index (χ0) is 12.7. The molecular weight excluding hydrogens is 212 g/mol. The molecule has 0 aliphatic heterocycles. The fourth-order valence-corrected chi connectivity index (χ4v) is 1.83. The highest BCUT2D eigenvalue weighted by atomic mass is 15.2. The molecule has 0 atom stereocenters. The Morgan fingerprint density at radius 3 is 2.18 bits per heavy atom. The molecule has 0 saturated heterocycles. The van der Waals surface area contributed by atoms with Crippen molar-refractivity contribution in [2.24, 2.45) is 11.7 Å². The molecule has 0 spiro atoms. The van der Waals surface area contributed by atoms with Gasteiger partial charge in [0.05, 0.1) is 0 Å². The fraction of sp³-hybridized carbons (Fsp3) is 0.692. The molecule has 1 heterocycles. The van der Waals surface area contributed by atoms with E-state index < -0.39 is 0 Å². The Labute approximate surface area is 104 Å². The largest absolute Gasteiger partial charge is 0.341 e. The molecule has 0 fully saturated rings.